The molecular weight excluding hydrogens is 250 g/mol. The monoisotopic (exact) mass is 275 g/mol. The quantitative estimate of drug-likeness (QED) is 0.833. The normalized spacial score (nSPS) is 25.8. The van der Waals surface area contributed by atoms with E-state index in [4.69, 9.17) is 0 Å². The van der Waals surface area contributed by atoms with Gasteiger partial charge >= 0.3 is 0 Å². The Kier molecular flexibility index (Phi) is 6.39. The number of likely N-dealkylation sites (N-methyl/N-ethyl adjacent to an activating group) is 1. The molecule has 0 aromatic carbocycles. The molecule has 18 heavy (non-hydrogen) atoms. The van der Waals surface area contributed by atoms with Crippen LogP contribution in [0.5, 0.6) is 0 Å². The van der Waals surface area contributed by atoms with Gasteiger partial charge in [-0.3, -0.25) is 4.79 Å². The van der Waals surface area contributed by atoms with Crippen LogP contribution < -0.4 is 5.32 Å². The van der Waals surface area contributed by atoms with Gasteiger partial charge in [-0.25, -0.2) is 0 Å². The molecule has 1 atom stereocenters. The summed E-state index contributed by atoms with van der Waals surface area (Å²) < 4.78 is 0. The zero-order valence-electron chi connectivity index (χ0n) is 11.5. The molecule has 0 aromatic heterocycles. The second-order valence-electron chi connectivity index (χ2n) is 5.61. The van der Waals surface area contributed by atoms with Gasteiger partial charge in [0, 0.05) is 13.6 Å². The van der Waals surface area contributed by atoms with Crippen LogP contribution in [0.1, 0.15) is 25.7 Å². The van der Waals surface area contributed by atoms with E-state index in [9.17, 15) is 4.79 Å². The minimum atomic E-state index is 0. The van der Waals surface area contributed by atoms with Crippen LogP contribution in [0.2, 0.25) is 0 Å². The van der Waals surface area contributed by atoms with Gasteiger partial charge in [0.15, 0.2) is 0 Å². The lowest BCUT2D eigenvalue weighted by Gasteiger charge is -2.32. The smallest absolute Gasteiger partial charge is 0.239 e. The molecule has 1 amide bonds. The van der Waals surface area contributed by atoms with E-state index in [2.05, 4.69) is 17.3 Å². The first-order valence-electron chi connectivity index (χ1n) is 6.83. The summed E-state index contributed by atoms with van der Waals surface area (Å²) in [7, 11) is 4.13. The van der Waals surface area contributed by atoms with Gasteiger partial charge in [0.1, 0.15) is 0 Å². The third-order valence-electron chi connectivity index (χ3n) is 4.10. The number of likely N-dealkylation sites (tertiary alicyclic amines) is 1. The number of halogens is 1. The Bertz CT molecular complexity index is 261. The molecule has 2 saturated heterocycles. The molecule has 2 aliphatic rings. The Morgan fingerprint density at radius 2 is 2.00 bits per heavy atom. The lowest BCUT2D eigenvalue weighted by atomic mass is 9.96. The van der Waals surface area contributed by atoms with E-state index in [0.29, 0.717) is 11.8 Å². The maximum atomic E-state index is 12.1. The Balaban J connectivity index is 0.00000162. The maximum Gasteiger partial charge on any atom is 0.239 e. The summed E-state index contributed by atoms with van der Waals surface area (Å²) >= 11 is 0. The van der Waals surface area contributed by atoms with Crippen LogP contribution in [0.25, 0.3) is 0 Å². The van der Waals surface area contributed by atoms with Crippen molar-refractivity contribution in [2.75, 3.05) is 40.3 Å². The van der Waals surface area contributed by atoms with Crippen LogP contribution in [-0.4, -0.2) is 62.0 Å². The van der Waals surface area contributed by atoms with E-state index in [0.717, 1.165) is 25.9 Å². The van der Waals surface area contributed by atoms with Gasteiger partial charge in [0.25, 0.3) is 0 Å². The van der Waals surface area contributed by atoms with Crippen LogP contribution in [0.4, 0.5) is 0 Å². The number of carbonyl (C=O) groups is 1. The highest BCUT2D eigenvalue weighted by Crippen LogP contribution is 2.17. The average Bonchev–Trinajstić information content (AvgIpc) is 2.84. The Hall–Kier alpha value is -0.320. The fraction of sp³-hybridized carbons (Fsp3) is 0.923. The second-order valence-corrected chi connectivity index (χ2v) is 5.61. The predicted molar refractivity (Wildman–Crippen MR) is 76.1 cm³/mol. The molecule has 0 aliphatic carbocycles. The van der Waals surface area contributed by atoms with Crippen molar-refractivity contribution in [3.8, 4) is 0 Å². The third kappa shape index (κ3) is 4.11. The summed E-state index contributed by atoms with van der Waals surface area (Å²) in [5.74, 6) is 0.989. The minimum Gasteiger partial charge on any atom is -0.344 e. The van der Waals surface area contributed by atoms with Gasteiger partial charge in [-0.1, -0.05) is 0 Å². The molecule has 5 heteroatoms. The Morgan fingerprint density at radius 1 is 1.33 bits per heavy atom. The van der Waals surface area contributed by atoms with Crippen molar-refractivity contribution in [1.82, 2.24) is 15.1 Å². The standard InChI is InChI=1S/C13H25N3O.ClH/c1-15-8-5-11(6-9-15)10-16(2)13(17)12-4-3-7-14-12;/h11-12,14H,3-10H2,1-2H3;1H. The molecule has 106 valence electrons. The number of piperidine rings is 1. The molecule has 2 heterocycles. The molecule has 0 radical (unpaired) electrons. The lowest BCUT2D eigenvalue weighted by Crippen LogP contribution is -2.44. The predicted octanol–water partition coefficient (Wildman–Crippen LogP) is 0.960. The van der Waals surface area contributed by atoms with Crippen LogP contribution in [-0.2, 0) is 4.79 Å². The number of hydrogen-bond donors (Lipinski definition) is 1. The second kappa shape index (κ2) is 7.31. The van der Waals surface area contributed by atoms with Gasteiger partial charge in [0.2, 0.25) is 5.91 Å². The van der Waals surface area contributed by atoms with Gasteiger partial charge < -0.3 is 15.1 Å². The van der Waals surface area contributed by atoms with Gasteiger partial charge in [-0.2, -0.15) is 0 Å². The molecular formula is C13H26ClN3O. The fourth-order valence-corrected chi connectivity index (χ4v) is 2.88. The SMILES string of the molecule is CN1CCC(CN(C)C(=O)C2CCCN2)CC1.Cl. The van der Waals surface area contributed by atoms with Crippen molar-refractivity contribution in [3.63, 3.8) is 0 Å². The van der Waals surface area contributed by atoms with Crippen LogP contribution in [0.15, 0.2) is 0 Å². The largest absolute Gasteiger partial charge is 0.344 e. The van der Waals surface area contributed by atoms with Crippen LogP contribution >= 0.6 is 12.4 Å². The molecule has 2 aliphatic heterocycles. The summed E-state index contributed by atoms with van der Waals surface area (Å²) in [4.78, 5) is 16.5. The number of nitrogens with one attached hydrogen (secondary N) is 1. The minimum absolute atomic E-state index is 0. The lowest BCUT2D eigenvalue weighted by molar-refractivity contribution is -0.132. The van der Waals surface area contributed by atoms with E-state index in [1.807, 2.05) is 11.9 Å². The Morgan fingerprint density at radius 3 is 2.56 bits per heavy atom. The molecule has 2 rings (SSSR count). The molecule has 1 N–H and O–H groups in total. The topological polar surface area (TPSA) is 35.6 Å². The van der Waals surface area contributed by atoms with Gasteiger partial charge in [0.05, 0.1) is 6.04 Å². The zero-order chi connectivity index (χ0) is 12.3. The van der Waals surface area contributed by atoms with E-state index in [1.54, 1.807) is 0 Å². The Labute approximate surface area is 116 Å². The van der Waals surface area contributed by atoms with Crippen molar-refractivity contribution < 1.29 is 4.79 Å². The third-order valence-corrected chi connectivity index (χ3v) is 4.10. The highest BCUT2D eigenvalue weighted by atomic mass is 35.5. The molecule has 2 fully saturated rings. The first-order valence-corrected chi connectivity index (χ1v) is 6.83. The molecule has 1 unspecified atom stereocenters. The fourth-order valence-electron chi connectivity index (χ4n) is 2.88. The highest BCUT2D eigenvalue weighted by Gasteiger charge is 2.27. The van der Waals surface area contributed by atoms with Gasteiger partial charge in [-0.15, -0.1) is 12.4 Å². The van der Waals surface area contributed by atoms with Crippen molar-refractivity contribution in [3.05, 3.63) is 0 Å². The number of hydrogen-bond acceptors (Lipinski definition) is 3. The van der Waals surface area contributed by atoms with Crippen LogP contribution in [0, 0.1) is 5.92 Å². The van der Waals surface area contributed by atoms with Crippen molar-refractivity contribution in [2.45, 2.75) is 31.7 Å². The number of nitrogens with zero attached hydrogens (tertiary/aromatic N) is 2. The maximum absolute atomic E-state index is 12.1. The van der Waals surface area contributed by atoms with E-state index < -0.39 is 0 Å². The highest BCUT2D eigenvalue weighted by molar-refractivity contribution is 5.85. The van der Waals surface area contributed by atoms with E-state index in [1.165, 1.54) is 25.9 Å². The molecule has 4 nitrogen and oxygen atoms in total. The van der Waals surface area contributed by atoms with Crippen molar-refractivity contribution >= 4 is 18.3 Å². The summed E-state index contributed by atoms with van der Waals surface area (Å²) in [6, 6.07) is 0.0891. The summed E-state index contributed by atoms with van der Waals surface area (Å²) in [5, 5.41) is 3.28. The average molecular weight is 276 g/mol. The summed E-state index contributed by atoms with van der Waals surface area (Å²) in [5.41, 5.74) is 0. The molecule has 0 spiro atoms. The van der Waals surface area contributed by atoms with Crippen molar-refractivity contribution in [2.24, 2.45) is 5.92 Å². The van der Waals surface area contributed by atoms with E-state index >= 15 is 0 Å². The summed E-state index contributed by atoms with van der Waals surface area (Å²) in [6.45, 7) is 4.28. The molecule has 0 aromatic rings. The zero-order valence-corrected chi connectivity index (χ0v) is 12.3. The first kappa shape index (κ1) is 15.7. The molecule has 0 bridgehead atoms. The number of carbonyl (C=O) groups excluding carboxylic acids is 1. The van der Waals surface area contributed by atoms with Crippen molar-refractivity contribution in [1.29, 1.82) is 0 Å². The van der Waals surface area contributed by atoms with Crippen LogP contribution in [0.3, 0.4) is 0 Å². The number of amides is 1. The summed E-state index contributed by atoms with van der Waals surface area (Å²) in [6.07, 6.45) is 4.60. The first-order chi connectivity index (χ1) is 8.16. The number of rotatable bonds is 3. The molecule has 0 saturated carbocycles. The van der Waals surface area contributed by atoms with E-state index in [-0.39, 0.29) is 18.4 Å². The van der Waals surface area contributed by atoms with Gasteiger partial charge in [-0.05, 0) is 58.3 Å².